The minimum absolute atomic E-state index is 0.220. The Bertz CT molecular complexity index is 627. The van der Waals surface area contributed by atoms with Gasteiger partial charge in [0, 0.05) is 0 Å². The highest BCUT2D eigenvalue weighted by molar-refractivity contribution is 5.93. The van der Waals surface area contributed by atoms with E-state index in [1.54, 1.807) is 12.1 Å². The second kappa shape index (κ2) is 6.70. The molecule has 0 N–H and O–H groups in total. The average molecular weight is 284 g/mol. The first-order valence-electron chi connectivity index (χ1n) is 6.51. The van der Waals surface area contributed by atoms with E-state index >= 15 is 0 Å². The molecule has 4 nitrogen and oxygen atoms in total. The maximum absolute atomic E-state index is 11.9. The highest BCUT2D eigenvalue weighted by Gasteiger charge is 2.10. The Balaban J connectivity index is 1.97. The molecule has 2 aromatic carbocycles. The van der Waals surface area contributed by atoms with Gasteiger partial charge in [0.1, 0.15) is 6.61 Å². The number of carbonyl (C=O) groups excluding carboxylic acids is 2. The summed E-state index contributed by atoms with van der Waals surface area (Å²) in [6.45, 7) is 2.22. The quantitative estimate of drug-likeness (QED) is 0.809. The van der Waals surface area contributed by atoms with Gasteiger partial charge in [0.2, 0.25) is 0 Å². The molecule has 0 saturated heterocycles. The third kappa shape index (κ3) is 3.92. The van der Waals surface area contributed by atoms with E-state index in [4.69, 9.17) is 4.74 Å². The fourth-order valence-corrected chi connectivity index (χ4v) is 1.78. The van der Waals surface area contributed by atoms with Gasteiger partial charge in [-0.15, -0.1) is 0 Å². The molecular formula is C17H16O4. The summed E-state index contributed by atoms with van der Waals surface area (Å²) >= 11 is 0. The lowest BCUT2D eigenvalue weighted by molar-refractivity contribution is 0.0471. The van der Waals surface area contributed by atoms with Crippen LogP contribution in [-0.4, -0.2) is 19.0 Å². The van der Waals surface area contributed by atoms with Crippen LogP contribution in [0.25, 0.3) is 0 Å². The van der Waals surface area contributed by atoms with Crippen LogP contribution in [0.1, 0.15) is 31.8 Å². The van der Waals surface area contributed by atoms with E-state index < -0.39 is 11.9 Å². The van der Waals surface area contributed by atoms with Gasteiger partial charge in [-0.3, -0.25) is 0 Å². The summed E-state index contributed by atoms with van der Waals surface area (Å²) < 4.78 is 9.82. The summed E-state index contributed by atoms with van der Waals surface area (Å²) in [6.07, 6.45) is 0. The van der Waals surface area contributed by atoms with Crippen molar-refractivity contribution in [3.63, 3.8) is 0 Å². The third-order valence-electron chi connectivity index (χ3n) is 3.03. The van der Waals surface area contributed by atoms with E-state index in [0.717, 1.165) is 11.1 Å². The average Bonchev–Trinajstić information content (AvgIpc) is 2.53. The number of hydrogen-bond donors (Lipinski definition) is 0. The van der Waals surface area contributed by atoms with Crippen molar-refractivity contribution in [1.82, 2.24) is 0 Å². The van der Waals surface area contributed by atoms with Crippen molar-refractivity contribution in [3.8, 4) is 0 Å². The summed E-state index contributed by atoms with van der Waals surface area (Å²) in [4.78, 5) is 23.2. The molecule has 0 bridgehead atoms. The topological polar surface area (TPSA) is 52.6 Å². The predicted octanol–water partition coefficient (Wildman–Crippen LogP) is 3.14. The fraction of sp³-hybridized carbons (Fsp3) is 0.176. The molecule has 0 amide bonds. The maximum atomic E-state index is 11.9. The molecule has 21 heavy (non-hydrogen) atoms. The summed E-state index contributed by atoms with van der Waals surface area (Å²) in [7, 11) is 1.31. The smallest absolute Gasteiger partial charge is 0.338 e. The maximum Gasteiger partial charge on any atom is 0.338 e. The number of carbonyl (C=O) groups is 2. The minimum Gasteiger partial charge on any atom is -0.465 e. The summed E-state index contributed by atoms with van der Waals surface area (Å²) in [5.41, 5.74) is 2.88. The molecule has 0 fully saturated rings. The van der Waals surface area contributed by atoms with Crippen LogP contribution in [-0.2, 0) is 16.1 Å². The van der Waals surface area contributed by atoms with Gasteiger partial charge in [-0.2, -0.15) is 0 Å². The van der Waals surface area contributed by atoms with Crippen LogP contribution in [0, 0.1) is 6.92 Å². The van der Waals surface area contributed by atoms with Crippen LogP contribution >= 0.6 is 0 Å². The summed E-state index contributed by atoms with van der Waals surface area (Å²) in [5, 5.41) is 0. The molecule has 0 unspecified atom stereocenters. The Hall–Kier alpha value is -2.62. The van der Waals surface area contributed by atoms with Gasteiger partial charge in [-0.25, -0.2) is 9.59 Å². The zero-order valence-electron chi connectivity index (χ0n) is 12.0. The van der Waals surface area contributed by atoms with Crippen molar-refractivity contribution < 1.29 is 19.1 Å². The number of hydrogen-bond acceptors (Lipinski definition) is 4. The van der Waals surface area contributed by atoms with E-state index in [1.807, 2.05) is 31.2 Å². The van der Waals surface area contributed by atoms with Crippen LogP contribution in [0.5, 0.6) is 0 Å². The minimum atomic E-state index is -0.436. The molecule has 0 heterocycles. The van der Waals surface area contributed by atoms with E-state index in [9.17, 15) is 9.59 Å². The van der Waals surface area contributed by atoms with Crippen LogP contribution in [0.2, 0.25) is 0 Å². The van der Waals surface area contributed by atoms with E-state index in [1.165, 1.54) is 19.2 Å². The number of methoxy groups -OCH3 is 1. The SMILES string of the molecule is COC(=O)c1ccc(C(=O)OCc2ccc(C)cc2)cc1. The largest absolute Gasteiger partial charge is 0.465 e. The lowest BCUT2D eigenvalue weighted by atomic mass is 10.1. The van der Waals surface area contributed by atoms with Gasteiger partial charge in [0.15, 0.2) is 0 Å². The molecule has 2 rings (SSSR count). The normalized spacial score (nSPS) is 10.0. The number of aryl methyl sites for hydroxylation is 1. The van der Waals surface area contributed by atoms with Gasteiger partial charge in [0.05, 0.1) is 18.2 Å². The highest BCUT2D eigenvalue weighted by Crippen LogP contribution is 2.10. The number of esters is 2. The monoisotopic (exact) mass is 284 g/mol. The molecule has 0 spiro atoms. The van der Waals surface area contributed by atoms with Crippen LogP contribution in [0.4, 0.5) is 0 Å². The Morgan fingerprint density at radius 2 is 1.38 bits per heavy atom. The third-order valence-corrected chi connectivity index (χ3v) is 3.03. The van der Waals surface area contributed by atoms with Gasteiger partial charge >= 0.3 is 11.9 Å². The molecule has 0 atom stereocenters. The molecule has 0 radical (unpaired) electrons. The molecule has 2 aromatic rings. The lowest BCUT2D eigenvalue weighted by Gasteiger charge is -2.06. The number of ether oxygens (including phenoxy) is 2. The van der Waals surface area contributed by atoms with Crippen molar-refractivity contribution in [2.75, 3.05) is 7.11 Å². The van der Waals surface area contributed by atoms with Crippen LogP contribution in [0.3, 0.4) is 0 Å². The fourth-order valence-electron chi connectivity index (χ4n) is 1.78. The number of benzene rings is 2. The second-order valence-corrected chi connectivity index (χ2v) is 4.63. The standard InChI is InChI=1S/C17H16O4/c1-12-3-5-13(6-4-12)11-21-17(19)15-9-7-14(8-10-15)16(18)20-2/h3-10H,11H2,1-2H3. The Morgan fingerprint density at radius 1 is 0.857 bits per heavy atom. The zero-order valence-corrected chi connectivity index (χ0v) is 12.0. The van der Waals surface area contributed by atoms with Gasteiger partial charge in [-0.1, -0.05) is 29.8 Å². The van der Waals surface area contributed by atoms with Crippen molar-refractivity contribution in [2.45, 2.75) is 13.5 Å². The Morgan fingerprint density at radius 3 is 1.90 bits per heavy atom. The van der Waals surface area contributed by atoms with Crippen molar-refractivity contribution in [1.29, 1.82) is 0 Å². The molecule has 0 aliphatic carbocycles. The summed E-state index contributed by atoms with van der Waals surface area (Å²) in [6, 6.07) is 13.9. The van der Waals surface area contributed by atoms with E-state index in [-0.39, 0.29) is 6.61 Å². The van der Waals surface area contributed by atoms with E-state index in [2.05, 4.69) is 4.74 Å². The lowest BCUT2D eigenvalue weighted by Crippen LogP contribution is -2.06. The Labute approximate surface area is 123 Å². The molecule has 108 valence electrons. The molecular weight excluding hydrogens is 268 g/mol. The molecule has 0 aromatic heterocycles. The van der Waals surface area contributed by atoms with Crippen LogP contribution in [0.15, 0.2) is 48.5 Å². The molecule has 0 aliphatic heterocycles. The molecule has 0 saturated carbocycles. The van der Waals surface area contributed by atoms with E-state index in [0.29, 0.717) is 11.1 Å². The zero-order chi connectivity index (χ0) is 15.2. The predicted molar refractivity (Wildman–Crippen MR) is 78.1 cm³/mol. The first-order chi connectivity index (χ1) is 10.1. The van der Waals surface area contributed by atoms with Crippen molar-refractivity contribution in [3.05, 3.63) is 70.8 Å². The first kappa shape index (κ1) is 14.8. The van der Waals surface area contributed by atoms with Gasteiger partial charge in [0.25, 0.3) is 0 Å². The first-order valence-corrected chi connectivity index (χ1v) is 6.51. The molecule has 0 aliphatic rings. The summed E-state index contributed by atoms with van der Waals surface area (Å²) in [5.74, 6) is -0.860. The Kier molecular flexibility index (Phi) is 4.72. The van der Waals surface area contributed by atoms with Crippen molar-refractivity contribution >= 4 is 11.9 Å². The van der Waals surface area contributed by atoms with Crippen LogP contribution < -0.4 is 0 Å². The second-order valence-electron chi connectivity index (χ2n) is 4.63. The highest BCUT2D eigenvalue weighted by atomic mass is 16.5. The van der Waals surface area contributed by atoms with Gasteiger partial charge < -0.3 is 9.47 Å². The van der Waals surface area contributed by atoms with Crippen molar-refractivity contribution in [2.24, 2.45) is 0 Å². The molecule has 4 heteroatoms. The number of rotatable bonds is 4. The van der Waals surface area contributed by atoms with Gasteiger partial charge in [-0.05, 0) is 36.8 Å².